The molecular formula is C6H9BF2O2. The number of ether oxygens (including phenoxy) is 1. The van der Waals surface area contributed by atoms with Gasteiger partial charge in [0, 0.05) is 12.4 Å². The van der Waals surface area contributed by atoms with Crippen molar-refractivity contribution in [1.29, 1.82) is 0 Å². The first-order valence-electron chi connectivity index (χ1n) is 3.46. The summed E-state index contributed by atoms with van der Waals surface area (Å²) < 4.78 is 30.0. The molecule has 2 unspecified atom stereocenters. The molecule has 1 rings (SSSR count). The van der Waals surface area contributed by atoms with Gasteiger partial charge in [0.05, 0.1) is 6.61 Å². The maximum Gasteiger partial charge on any atom is 0.276 e. The largest absolute Gasteiger partial charge is 0.393 e. The summed E-state index contributed by atoms with van der Waals surface area (Å²) in [6.07, 6.45) is -1.59. The molecule has 1 N–H and O–H groups in total. The molecule has 5 heteroatoms. The Hall–Kier alpha value is -0.155. The molecule has 1 fully saturated rings. The van der Waals surface area contributed by atoms with E-state index in [1.54, 1.807) is 0 Å². The van der Waals surface area contributed by atoms with Gasteiger partial charge in [-0.25, -0.2) is 8.78 Å². The third-order valence-electron chi connectivity index (χ3n) is 1.74. The van der Waals surface area contributed by atoms with E-state index in [9.17, 15) is 8.78 Å². The molecule has 11 heavy (non-hydrogen) atoms. The van der Waals surface area contributed by atoms with Gasteiger partial charge in [-0.15, -0.1) is 0 Å². The molecule has 1 saturated heterocycles. The standard InChI is InChI=1S/C6H9BF2O2/c7-5-1-2-6(8,9)4(3-10)11-5/h4-5,10H,1-3H2. The van der Waals surface area contributed by atoms with E-state index in [0.29, 0.717) is 0 Å². The lowest BCUT2D eigenvalue weighted by Gasteiger charge is -2.34. The van der Waals surface area contributed by atoms with Crippen LogP contribution in [0.15, 0.2) is 0 Å². The third kappa shape index (κ3) is 1.90. The minimum absolute atomic E-state index is 0.142. The minimum atomic E-state index is -2.93. The molecule has 0 aliphatic carbocycles. The predicted octanol–water partition coefficient (Wildman–Crippen LogP) is 0.288. The number of rotatable bonds is 1. The average Bonchev–Trinajstić information content (AvgIpc) is 1.94. The fraction of sp³-hybridized carbons (Fsp3) is 1.00. The number of aliphatic hydroxyl groups is 1. The van der Waals surface area contributed by atoms with Gasteiger partial charge >= 0.3 is 0 Å². The van der Waals surface area contributed by atoms with E-state index in [0.717, 1.165) is 0 Å². The van der Waals surface area contributed by atoms with E-state index in [-0.39, 0.29) is 12.8 Å². The van der Waals surface area contributed by atoms with E-state index < -0.39 is 24.6 Å². The van der Waals surface area contributed by atoms with E-state index in [1.165, 1.54) is 0 Å². The zero-order chi connectivity index (χ0) is 8.48. The summed E-state index contributed by atoms with van der Waals surface area (Å²) in [5.74, 6) is -2.93. The fourth-order valence-corrected chi connectivity index (χ4v) is 1.05. The molecule has 0 saturated carbocycles. The number of hydrogen-bond donors (Lipinski definition) is 1. The number of hydrogen-bond acceptors (Lipinski definition) is 2. The number of aliphatic hydroxyl groups excluding tert-OH is 1. The Morgan fingerprint density at radius 3 is 2.73 bits per heavy atom. The molecule has 62 valence electrons. The van der Waals surface area contributed by atoms with Gasteiger partial charge in [-0.05, 0) is 6.42 Å². The molecule has 1 heterocycles. The van der Waals surface area contributed by atoms with Crippen LogP contribution in [0, 0.1) is 0 Å². The second-order valence-corrected chi connectivity index (χ2v) is 2.65. The van der Waals surface area contributed by atoms with Crippen LogP contribution in [0.5, 0.6) is 0 Å². The van der Waals surface area contributed by atoms with Crippen molar-refractivity contribution in [3.63, 3.8) is 0 Å². The van der Waals surface area contributed by atoms with Crippen LogP contribution in [0.3, 0.4) is 0 Å². The maximum absolute atomic E-state index is 12.7. The second kappa shape index (κ2) is 3.07. The first kappa shape index (κ1) is 8.94. The lowest BCUT2D eigenvalue weighted by molar-refractivity contribution is -0.193. The first-order valence-corrected chi connectivity index (χ1v) is 3.46. The Morgan fingerprint density at radius 1 is 1.64 bits per heavy atom. The van der Waals surface area contributed by atoms with Gasteiger partial charge in [-0.1, -0.05) is 0 Å². The smallest absolute Gasteiger partial charge is 0.276 e. The molecule has 1 aliphatic rings. The maximum atomic E-state index is 12.7. The SMILES string of the molecule is [B]C1CCC(F)(F)C(CO)O1. The highest BCUT2D eigenvalue weighted by Gasteiger charge is 2.43. The van der Waals surface area contributed by atoms with Gasteiger partial charge in [0.15, 0.2) is 0 Å². The Kier molecular flexibility index (Phi) is 2.49. The van der Waals surface area contributed by atoms with Crippen LogP contribution in [0.1, 0.15) is 12.8 Å². The van der Waals surface area contributed by atoms with Gasteiger partial charge in [-0.2, -0.15) is 0 Å². The van der Waals surface area contributed by atoms with Crippen LogP contribution >= 0.6 is 0 Å². The van der Waals surface area contributed by atoms with E-state index >= 15 is 0 Å². The van der Waals surface area contributed by atoms with Crippen molar-refractivity contribution < 1.29 is 18.6 Å². The zero-order valence-electron chi connectivity index (χ0n) is 5.96. The van der Waals surface area contributed by atoms with Crippen molar-refractivity contribution in [2.24, 2.45) is 0 Å². The van der Waals surface area contributed by atoms with E-state index in [1.807, 2.05) is 0 Å². The van der Waals surface area contributed by atoms with Crippen molar-refractivity contribution in [2.75, 3.05) is 6.61 Å². The lowest BCUT2D eigenvalue weighted by atomic mass is 9.89. The van der Waals surface area contributed by atoms with Crippen LogP contribution in [-0.2, 0) is 4.74 Å². The molecule has 0 amide bonds. The second-order valence-electron chi connectivity index (χ2n) is 2.65. The molecule has 2 atom stereocenters. The normalized spacial score (nSPS) is 37.0. The first-order chi connectivity index (χ1) is 5.06. The summed E-state index contributed by atoms with van der Waals surface area (Å²) in [6.45, 7) is -0.680. The summed E-state index contributed by atoms with van der Waals surface area (Å²) in [4.78, 5) is 0. The van der Waals surface area contributed by atoms with Gasteiger partial charge in [-0.3, -0.25) is 0 Å². The predicted molar refractivity (Wildman–Crippen MR) is 35.7 cm³/mol. The molecule has 1 aliphatic heterocycles. The summed E-state index contributed by atoms with van der Waals surface area (Å²) in [5.41, 5.74) is 0. The Bertz CT molecular complexity index is 143. The number of alkyl halides is 2. The van der Waals surface area contributed by atoms with Crippen molar-refractivity contribution in [3.8, 4) is 0 Å². The van der Waals surface area contributed by atoms with Gasteiger partial charge in [0.1, 0.15) is 14.0 Å². The summed E-state index contributed by atoms with van der Waals surface area (Å²) >= 11 is 0. The highest BCUT2D eigenvalue weighted by molar-refractivity contribution is 6.11. The van der Waals surface area contributed by atoms with Crippen LogP contribution in [0.25, 0.3) is 0 Å². The molecule has 0 aromatic heterocycles. The van der Waals surface area contributed by atoms with Crippen molar-refractivity contribution in [1.82, 2.24) is 0 Å². The number of halogens is 2. The van der Waals surface area contributed by atoms with Crippen molar-refractivity contribution >= 4 is 7.85 Å². The monoisotopic (exact) mass is 162 g/mol. The third-order valence-corrected chi connectivity index (χ3v) is 1.74. The van der Waals surface area contributed by atoms with Crippen molar-refractivity contribution in [3.05, 3.63) is 0 Å². The molecule has 0 bridgehead atoms. The zero-order valence-corrected chi connectivity index (χ0v) is 5.96. The molecule has 0 aromatic carbocycles. The summed E-state index contributed by atoms with van der Waals surface area (Å²) in [7, 11) is 5.26. The summed E-state index contributed by atoms with van der Waals surface area (Å²) in [5, 5.41) is 8.48. The molecule has 2 radical (unpaired) electrons. The highest BCUT2D eigenvalue weighted by atomic mass is 19.3. The van der Waals surface area contributed by atoms with Gasteiger partial charge in [0.2, 0.25) is 0 Å². The Labute approximate surface area is 64.9 Å². The molecule has 0 aromatic rings. The van der Waals surface area contributed by atoms with Crippen LogP contribution in [0.4, 0.5) is 8.78 Å². The Morgan fingerprint density at radius 2 is 2.27 bits per heavy atom. The quantitative estimate of drug-likeness (QED) is 0.561. The van der Waals surface area contributed by atoms with Gasteiger partial charge < -0.3 is 9.84 Å². The molecule has 0 spiro atoms. The molecular weight excluding hydrogens is 153 g/mol. The molecule has 2 nitrogen and oxygen atoms in total. The van der Waals surface area contributed by atoms with Gasteiger partial charge in [0.25, 0.3) is 5.92 Å². The topological polar surface area (TPSA) is 29.5 Å². The Balaban J connectivity index is 2.56. The van der Waals surface area contributed by atoms with E-state index in [4.69, 9.17) is 13.0 Å². The van der Waals surface area contributed by atoms with Crippen molar-refractivity contribution in [2.45, 2.75) is 30.9 Å². The fourth-order valence-electron chi connectivity index (χ4n) is 1.05. The highest BCUT2D eigenvalue weighted by Crippen LogP contribution is 2.32. The van der Waals surface area contributed by atoms with E-state index in [2.05, 4.69) is 4.74 Å². The summed E-state index contributed by atoms with van der Waals surface area (Å²) in [6, 6.07) is -0.660. The lowest BCUT2D eigenvalue weighted by Crippen LogP contribution is -2.46. The van der Waals surface area contributed by atoms with Crippen LogP contribution in [-0.4, -0.2) is 37.6 Å². The van der Waals surface area contributed by atoms with Crippen LogP contribution < -0.4 is 0 Å². The minimum Gasteiger partial charge on any atom is -0.393 e. The average molecular weight is 162 g/mol. The van der Waals surface area contributed by atoms with Crippen LogP contribution in [0.2, 0.25) is 0 Å².